The third-order valence-corrected chi connectivity index (χ3v) is 7.08. The standard InChI is InChI=1S/C18H23BrN2O4Si/c1-18(2,3)25-17(23)21-15(26-21)12(16(22)24-4)8-10-9-20-14-11(10)6-5-7-13(14)19/h5-7,9,12,15,20H,8,26H2,1-4H3/t12-,15?,21?/m1/s1. The molecule has 6 nitrogen and oxygen atoms in total. The van der Waals surface area contributed by atoms with Gasteiger partial charge >= 0.3 is 12.1 Å². The molecule has 0 saturated carbocycles. The number of carbonyl (C=O) groups is 2. The first-order valence-electron chi connectivity index (χ1n) is 8.53. The molecular weight excluding hydrogens is 416 g/mol. The van der Waals surface area contributed by atoms with Crippen molar-refractivity contribution in [3.63, 3.8) is 0 Å². The molecule has 26 heavy (non-hydrogen) atoms. The molecule has 0 aliphatic carbocycles. The number of hydrogen-bond acceptors (Lipinski definition) is 4. The number of carbonyl (C=O) groups excluding carboxylic acids is 2. The Kier molecular flexibility index (Phi) is 5.16. The van der Waals surface area contributed by atoms with Crippen molar-refractivity contribution in [2.24, 2.45) is 5.92 Å². The van der Waals surface area contributed by atoms with Gasteiger partial charge < -0.3 is 19.0 Å². The molecule has 0 bridgehead atoms. The molecule has 0 radical (unpaired) electrons. The zero-order chi connectivity index (χ0) is 19.1. The molecule has 1 aromatic carbocycles. The first-order valence-corrected chi connectivity index (χ1v) is 10.8. The van der Waals surface area contributed by atoms with Crippen LogP contribution in [0.2, 0.25) is 0 Å². The predicted molar refractivity (Wildman–Crippen MR) is 106 cm³/mol. The first-order chi connectivity index (χ1) is 12.2. The van der Waals surface area contributed by atoms with Crippen LogP contribution in [0.5, 0.6) is 0 Å². The van der Waals surface area contributed by atoms with Crippen molar-refractivity contribution in [2.75, 3.05) is 7.11 Å². The normalized spacial score (nSPS) is 18.8. The molecule has 8 heteroatoms. The van der Waals surface area contributed by atoms with Gasteiger partial charge in [-0.15, -0.1) is 0 Å². The van der Waals surface area contributed by atoms with E-state index in [4.69, 9.17) is 9.47 Å². The lowest BCUT2D eigenvalue weighted by molar-refractivity contribution is -0.145. The van der Waals surface area contributed by atoms with Crippen LogP contribution in [0.3, 0.4) is 0 Å². The van der Waals surface area contributed by atoms with Crippen molar-refractivity contribution in [1.29, 1.82) is 0 Å². The second kappa shape index (κ2) is 7.07. The van der Waals surface area contributed by atoms with E-state index in [1.807, 2.05) is 45.2 Å². The highest BCUT2D eigenvalue weighted by atomic mass is 79.9. The Hall–Kier alpha value is -1.80. The maximum absolute atomic E-state index is 12.4. The van der Waals surface area contributed by atoms with Crippen molar-refractivity contribution >= 4 is 48.6 Å². The summed E-state index contributed by atoms with van der Waals surface area (Å²) in [5.41, 5.74) is 1.45. The van der Waals surface area contributed by atoms with Gasteiger partial charge in [0.25, 0.3) is 0 Å². The Balaban J connectivity index is 1.79. The van der Waals surface area contributed by atoms with Gasteiger partial charge in [-0.3, -0.25) is 4.79 Å². The summed E-state index contributed by atoms with van der Waals surface area (Å²) in [7, 11) is 0.550. The van der Waals surface area contributed by atoms with Gasteiger partial charge in [0.15, 0.2) is 9.68 Å². The van der Waals surface area contributed by atoms with E-state index in [9.17, 15) is 9.59 Å². The van der Waals surface area contributed by atoms with Gasteiger partial charge in [0.2, 0.25) is 0 Å². The van der Waals surface area contributed by atoms with E-state index in [2.05, 4.69) is 20.9 Å². The Morgan fingerprint density at radius 3 is 2.77 bits per heavy atom. The highest BCUT2D eigenvalue weighted by Gasteiger charge is 2.49. The Bertz CT molecular complexity index is 845. The van der Waals surface area contributed by atoms with Gasteiger partial charge in [-0.1, -0.05) is 12.1 Å². The van der Waals surface area contributed by atoms with Crippen LogP contribution in [0.25, 0.3) is 10.9 Å². The van der Waals surface area contributed by atoms with Crippen LogP contribution in [-0.4, -0.2) is 49.7 Å². The number of benzene rings is 1. The van der Waals surface area contributed by atoms with Crippen LogP contribution < -0.4 is 0 Å². The van der Waals surface area contributed by atoms with Crippen LogP contribution >= 0.6 is 15.9 Å². The second-order valence-electron chi connectivity index (χ2n) is 7.51. The number of para-hydroxylation sites is 1. The Labute approximate surface area is 163 Å². The summed E-state index contributed by atoms with van der Waals surface area (Å²) in [4.78, 5) is 27.9. The average molecular weight is 439 g/mol. The number of aromatic amines is 1. The molecule has 1 N–H and O–H groups in total. The van der Waals surface area contributed by atoms with Crippen molar-refractivity contribution in [1.82, 2.24) is 9.55 Å². The van der Waals surface area contributed by atoms with Crippen molar-refractivity contribution in [2.45, 2.75) is 38.5 Å². The molecular formula is C18H23BrN2O4Si. The minimum atomic E-state index is -0.842. The van der Waals surface area contributed by atoms with Crippen LogP contribution in [0, 0.1) is 5.92 Å². The fourth-order valence-corrected chi connectivity index (χ4v) is 5.16. The van der Waals surface area contributed by atoms with Crippen molar-refractivity contribution in [3.05, 3.63) is 34.4 Å². The highest BCUT2D eigenvalue weighted by Crippen LogP contribution is 2.32. The molecule has 2 heterocycles. The fraction of sp³-hybridized carbons (Fsp3) is 0.444. The van der Waals surface area contributed by atoms with E-state index in [-0.39, 0.29) is 23.6 Å². The lowest BCUT2D eigenvalue weighted by Gasteiger charge is -2.21. The smallest absolute Gasteiger partial charge is 0.401 e. The van der Waals surface area contributed by atoms with Gasteiger partial charge in [-0.05, 0) is 54.8 Å². The van der Waals surface area contributed by atoms with Gasteiger partial charge in [0.05, 0.1) is 18.5 Å². The summed E-state index contributed by atoms with van der Waals surface area (Å²) < 4.78 is 13.1. The molecule has 2 aromatic rings. The van der Waals surface area contributed by atoms with Gasteiger partial charge in [-0.25, -0.2) is 4.79 Å². The molecule has 1 unspecified atom stereocenters. The monoisotopic (exact) mass is 438 g/mol. The van der Waals surface area contributed by atoms with Crippen LogP contribution in [-0.2, 0) is 20.7 Å². The third kappa shape index (κ3) is 3.96. The topological polar surface area (TPSA) is 71.4 Å². The van der Waals surface area contributed by atoms with E-state index in [0.717, 1.165) is 20.9 Å². The van der Waals surface area contributed by atoms with Crippen LogP contribution in [0.4, 0.5) is 4.79 Å². The van der Waals surface area contributed by atoms with Crippen LogP contribution in [0.1, 0.15) is 26.3 Å². The highest BCUT2D eigenvalue weighted by molar-refractivity contribution is 9.10. The van der Waals surface area contributed by atoms with Gasteiger partial charge in [0.1, 0.15) is 5.60 Å². The average Bonchev–Trinajstić information content (AvgIpc) is 3.25. The molecule has 2 atom stereocenters. The van der Waals surface area contributed by atoms with E-state index in [0.29, 0.717) is 6.42 Å². The number of nitrogens with zero attached hydrogens (tertiary/aromatic N) is 1. The van der Waals surface area contributed by atoms with Crippen molar-refractivity contribution in [3.8, 4) is 0 Å². The number of halogens is 1. The summed E-state index contributed by atoms with van der Waals surface area (Å²) in [5.74, 6) is -0.643. The Morgan fingerprint density at radius 2 is 2.12 bits per heavy atom. The quantitative estimate of drug-likeness (QED) is 0.452. The summed E-state index contributed by atoms with van der Waals surface area (Å²) in [6, 6.07) is 5.96. The largest absolute Gasteiger partial charge is 0.469 e. The maximum atomic E-state index is 12.4. The third-order valence-electron chi connectivity index (χ3n) is 4.44. The van der Waals surface area contributed by atoms with Crippen molar-refractivity contribution < 1.29 is 19.1 Å². The molecule has 0 spiro atoms. The molecule has 1 aliphatic rings. The molecule has 140 valence electrons. The van der Waals surface area contributed by atoms with Gasteiger partial charge in [-0.2, -0.15) is 0 Å². The predicted octanol–water partition coefficient (Wildman–Crippen LogP) is 2.92. The number of methoxy groups -OCH3 is 1. The second-order valence-corrected chi connectivity index (χ2v) is 10.2. The number of H-pyrrole nitrogens is 1. The zero-order valence-corrected chi connectivity index (χ0v) is 18.3. The number of esters is 1. The molecule has 1 amide bonds. The number of rotatable bonds is 4. The van der Waals surface area contributed by atoms with E-state index < -0.39 is 15.3 Å². The number of hydrogen-bond donors (Lipinski definition) is 1. The fourth-order valence-electron chi connectivity index (χ4n) is 3.14. The first kappa shape index (κ1) is 19.0. The van der Waals surface area contributed by atoms with E-state index >= 15 is 0 Å². The molecule has 1 saturated heterocycles. The number of amides is 1. The molecule has 1 fully saturated rings. The summed E-state index contributed by atoms with van der Waals surface area (Å²) in [6.07, 6.45) is 2.12. The SMILES string of the molecule is COC(=O)[C@H](Cc1c[nH]c2c(Br)cccc12)C1[SiH2]N1C(=O)OC(C)(C)C. The number of aromatic nitrogens is 1. The zero-order valence-electron chi connectivity index (χ0n) is 15.3. The Morgan fingerprint density at radius 1 is 1.38 bits per heavy atom. The minimum Gasteiger partial charge on any atom is -0.469 e. The maximum Gasteiger partial charge on any atom is 0.401 e. The number of fused-ring (bicyclic) bond motifs is 1. The van der Waals surface area contributed by atoms with Gasteiger partial charge in [0, 0.05) is 21.7 Å². The summed E-state index contributed by atoms with van der Waals surface area (Å²) >= 11 is 3.53. The lowest BCUT2D eigenvalue weighted by Crippen LogP contribution is -2.31. The summed E-state index contributed by atoms with van der Waals surface area (Å²) in [6.45, 7) is 5.52. The number of ether oxygens (including phenoxy) is 2. The number of nitrogens with one attached hydrogen (secondary N) is 1. The summed E-state index contributed by atoms with van der Waals surface area (Å²) in [5, 5.41) is 1.07. The van der Waals surface area contributed by atoms with Crippen LogP contribution in [0.15, 0.2) is 28.9 Å². The molecule has 3 rings (SSSR count). The molecule has 1 aliphatic heterocycles. The molecule has 1 aromatic heterocycles. The minimum absolute atomic E-state index is 0.0607. The van der Waals surface area contributed by atoms with E-state index in [1.165, 1.54) is 7.11 Å². The lowest BCUT2D eigenvalue weighted by atomic mass is 9.98. The van der Waals surface area contributed by atoms with E-state index in [1.54, 1.807) is 4.57 Å².